The second kappa shape index (κ2) is 6.05. The molecule has 0 saturated carbocycles. The van der Waals surface area contributed by atoms with Crippen LogP contribution in [0.15, 0.2) is 46.3 Å². The van der Waals surface area contributed by atoms with Gasteiger partial charge in [-0.25, -0.2) is 4.99 Å². The van der Waals surface area contributed by atoms with E-state index in [1.165, 1.54) is 16.6 Å². The Labute approximate surface area is 135 Å². The lowest BCUT2D eigenvalue weighted by molar-refractivity contribution is -0.115. The van der Waals surface area contributed by atoms with Crippen LogP contribution in [-0.2, 0) is 4.79 Å². The number of amidine groups is 1. The van der Waals surface area contributed by atoms with Crippen LogP contribution in [0.2, 0.25) is 5.02 Å². The highest BCUT2D eigenvalue weighted by Gasteiger charge is 2.23. The number of hydrogen-bond acceptors (Lipinski definition) is 4. The summed E-state index contributed by atoms with van der Waals surface area (Å²) in [7, 11) is 0. The molecule has 3 nitrogen and oxygen atoms in total. The smallest absolute Gasteiger partial charge is 0.264 e. The van der Waals surface area contributed by atoms with Crippen LogP contribution < -0.4 is 5.32 Å². The van der Waals surface area contributed by atoms with Crippen LogP contribution >= 0.6 is 34.7 Å². The Kier molecular flexibility index (Phi) is 4.14. The van der Waals surface area contributed by atoms with Crippen LogP contribution in [0.4, 0.5) is 5.69 Å². The third kappa shape index (κ3) is 3.56. The van der Waals surface area contributed by atoms with Crippen molar-refractivity contribution in [3.8, 4) is 0 Å². The van der Waals surface area contributed by atoms with Gasteiger partial charge in [0.1, 0.15) is 0 Å². The summed E-state index contributed by atoms with van der Waals surface area (Å²) in [6.07, 6.45) is 1.89. The molecule has 1 aliphatic rings. The average molecular weight is 335 g/mol. The van der Waals surface area contributed by atoms with Gasteiger partial charge in [0.15, 0.2) is 5.17 Å². The van der Waals surface area contributed by atoms with E-state index in [9.17, 15) is 4.79 Å². The van der Waals surface area contributed by atoms with Crippen LogP contribution in [0.5, 0.6) is 0 Å². The highest BCUT2D eigenvalue weighted by molar-refractivity contribution is 8.18. The monoisotopic (exact) mass is 334 g/mol. The van der Waals surface area contributed by atoms with Gasteiger partial charge in [0.05, 0.1) is 10.6 Å². The number of halogens is 1. The summed E-state index contributed by atoms with van der Waals surface area (Å²) in [6, 6.07) is 11.2. The molecule has 0 aliphatic carbocycles. The number of hydrogen-bond donors (Lipinski definition) is 1. The standard InChI is InChI=1S/C15H11ClN2OS2/c1-9-2-7-12(20-9)8-13-14(19)18-15(21-13)17-11-5-3-10(16)4-6-11/h2-8H,1H3,(H,17,18,19). The summed E-state index contributed by atoms with van der Waals surface area (Å²) in [5.41, 5.74) is 0.760. The molecule has 0 spiro atoms. The van der Waals surface area contributed by atoms with Crippen molar-refractivity contribution in [2.45, 2.75) is 6.92 Å². The molecule has 0 radical (unpaired) electrons. The first-order valence-electron chi connectivity index (χ1n) is 6.22. The highest BCUT2D eigenvalue weighted by Crippen LogP contribution is 2.30. The molecule has 1 fully saturated rings. The van der Waals surface area contributed by atoms with Gasteiger partial charge in [-0.2, -0.15) is 0 Å². The minimum absolute atomic E-state index is 0.112. The lowest BCUT2D eigenvalue weighted by Gasteiger charge is -1.96. The quantitative estimate of drug-likeness (QED) is 0.815. The SMILES string of the molecule is Cc1ccc(C=C2SC(=Nc3ccc(Cl)cc3)NC2=O)s1. The molecule has 1 saturated heterocycles. The molecule has 1 aromatic carbocycles. The molecule has 106 valence electrons. The Hall–Kier alpha value is -1.56. The van der Waals surface area contributed by atoms with Gasteiger partial charge in [-0.1, -0.05) is 11.6 Å². The summed E-state index contributed by atoms with van der Waals surface area (Å²) < 4.78 is 0. The van der Waals surface area contributed by atoms with Crippen molar-refractivity contribution >= 4 is 57.5 Å². The second-order valence-corrected chi connectivity index (χ2v) is 7.19. The van der Waals surface area contributed by atoms with Gasteiger partial charge in [0.2, 0.25) is 0 Å². The van der Waals surface area contributed by atoms with Gasteiger partial charge in [-0.15, -0.1) is 11.3 Å². The van der Waals surface area contributed by atoms with E-state index in [-0.39, 0.29) is 5.91 Å². The van der Waals surface area contributed by atoms with Gasteiger partial charge in [-0.05, 0) is 61.2 Å². The van der Waals surface area contributed by atoms with Gasteiger partial charge < -0.3 is 5.32 Å². The average Bonchev–Trinajstić information content (AvgIpc) is 3.00. The van der Waals surface area contributed by atoms with Crippen molar-refractivity contribution in [3.05, 3.63) is 56.1 Å². The first-order chi connectivity index (χ1) is 10.1. The lowest BCUT2D eigenvalue weighted by atomic mass is 10.3. The lowest BCUT2D eigenvalue weighted by Crippen LogP contribution is -2.19. The number of carbonyl (C=O) groups is 1. The maximum absolute atomic E-state index is 11.9. The molecule has 0 bridgehead atoms. The minimum atomic E-state index is -0.112. The van der Waals surface area contributed by atoms with Crippen LogP contribution in [0.3, 0.4) is 0 Å². The molecule has 21 heavy (non-hydrogen) atoms. The van der Waals surface area contributed by atoms with E-state index in [4.69, 9.17) is 11.6 Å². The van der Waals surface area contributed by atoms with Crippen LogP contribution in [-0.4, -0.2) is 11.1 Å². The first kappa shape index (κ1) is 14.4. The number of nitrogens with zero attached hydrogens (tertiary/aromatic N) is 1. The zero-order valence-electron chi connectivity index (χ0n) is 11.1. The van der Waals surface area contributed by atoms with E-state index in [1.807, 2.05) is 37.3 Å². The molecule has 6 heteroatoms. The van der Waals surface area contributed by atoms with E-state index in [1.54, 1.807) is 23.5 Å². The Morgan fingerprint density at radius 2 is 1.95 bits per heavy atom. The topological polar surface area (TPSA) is 41.5 Å². The van der Waals surface area contributed by atoms with Crippen molar-refractivity contribution < 1.29 is 4.79 Å². The Balaban J connectivity index is 1.81. The fourth-order valence-electron chi connectivity index (χ4n) is 1.77. The van der Waals surface area contributed by atoms with E-state index in [2.05, 4.69) is 10.3 Å². The Morgan fingerprint density at radius 3 is 2.62 bits per heavy atom. The van der Waals surface area contributed by atoms with Gasteiger partial charge in [0, 0.05) is 14.8 Å². The van der Waals surface area contributed by atoms with E-state index >= 15 is 0 Å². The molecule has 1 amide bonds. The number of thioether (sulfide) groups is 1. The van der Waals surface area contributed by atoms with E-state index in [0.29, 0.717) is 15.1 Å². The van der Waals surface area contributed by atoms with Crippen LogP contribution in [0.1, 0.15) is 9.75 Å². The predicted octanol–water partition coefficient (Wildman–Crippen LogP) is 4.60. The summed E-state index contributed by atoms with van der Waals surface area (Å²) in [6.45, 7) is 2.04. The third-order valence-electron chi connectivity index (χ3n) is 2.74. The largest absolute Gasteiger partial charge is 0.300 e. The van der Waals surface area contributed by atoms with Crippen molar-refractivity contribution in [2.75, 3.05) is 0 Å². The molecular weight excluding hydrogens is 324 g/mol. The summed E-state index contributed by atoms with van der Waals surface area (Å²) >= 11 is 8.84. The fraction of sp³-hybridized carbons (Fsp3) is 0.0667. The number of benzene rings is 1. The number of nitrogens with one attached hydrogen (secondary N) is 1. The highest BCUT2D eigenvalue weighted by atomic mass is 35.5. The number of amides is 1. The normalized spacial score (nSPS) is 18.5. The molecule has 3 rings (SSSR count). The molecule has 2 aromatic rings. The van der Waals surface area contributed by atoms with Crippen molar-refractivity contribution in [1.82, 2.24) is 5.32 Å². The van der Waals surface area contributed by atoms with E-state index in [0.717, 1.165) is 10.6 Å². The van der Waals surface area contributed by atoms with Gasteiger partial charge in [-0.3, -0.25) is 4.79 Å². The summed E-state index contributed by atoms with van der Waals surface area (Å²) in [4.78, 5) is 19.3. The third-order valence-corrected chi connectivity index (χ3v) is 4.85. The zero-order valence-corrected chi connectivity index (χ0v) is 13.5. The molecule has 0 unspecified atom stereocenters. The van der Waals surface area contributed by atoms with Crippen LogP contribution in [0.25, 0.3) is 6.08 Å². The maximum atomic E-state index is 11.9. The summed E-state index contributed by atoms with van der Waals surface area (Å²) in [5, 5.41) is 4.02. The number of aryl methyl sites for hydroxylation is 1. The molecular formula is C15H11ClN2OS2. The molecule has 1 aromatic heterocycles. The zero-order chi connectivity index (χ0) is 14.8. The maximum Gasteiger partial charge on any atom is 0.264 e. The first-order valence-corrected chi connectivity index (χ1v) is 8.23. The fourth-order valence-corrected chi connectivity index (χ4v) is 3.63. The van der Waals surface area contributed by atoms with Crippen molar-refractivity contribution in [1.29, 1.82) is 0 Å². The Bertz CT molecular complexity index is 747. The minimum Gasteiger partial charge on any atom is -0.300 e. The van der Waals surface area contributed by atoms with Crippen LogP contribution in [0, 0.1) is 6.92 Å². The Morgan fingerprint density at radius 1 is 1.19 bits per heavy atom. The summed E-state index contributed by atoms with van der Waals surface area (Å²) in [5.74, 6) is -0.112. The van der Waals surface area contributed by atoms with E-state index < -0.39 is 0 Å². The molecule has 1 aliphatic heterocycles. The van der Waals surface area contributed by atoms with Gasteiger partial charge >= 0.3 is 0 Å². The number of rotatable bonds is 2. The van der Waals surface area contributed by atoms with Crippen molar-refractivity contribution in [3.63, 3.8) is 0 Å². The molecule has 2 heterocycles. The molecule has 0 atom stereocenters. The van der Waals surface area contributed by atoms with Gasteiger partial charge in [0.25, 0.3) is 5.91 Å². The number of thiophene rings is 1. The number of carbonyl (C=O) groups excluding carboxylic acids is 1. The number of aliphatic imine (C=N–C) groups is 1. The molecule has 1 N–H and O–H groups in total. The predicted molar refractivity (Wildman–Crippen MR) is 91.3 cm³/mol. The van der Waals surface area contributed by atoms with Crippen molar-refractivity contribution in [2.24, 2.45) is 4.99 Å². The second-order valence-electron chi connectivity index (χ2n) is 4.41.